The molecule has 0 saturated carbocycles. The molecule has 0 unspecified atom stereocenters. The number of rotatable bonds is 7. The Morgan fingerprint density at radius 1 is 1.32 bits per heavy atom. The van der Waals surface area contributed by atoms with E-state index >= 15 is 0 Å². The summed E-state index contributed by atoms with van der Waals surface area (Å²) in [4.78, 5) is 11.4. The van der Waals surface area contributed by atoms with Gasteiger partial charge in [-0.1, -0.05) is 12.1 Å². The quantitative estimate of drug-likeness (QED) is 0.563. The predicted molar refractivity (Wildman–Crippen MR) is 69.3 cm³/mol. The molecule has 0 spiro atoms. The molecule has 0 radical (unpaired) electrons. The highest BCUT2D eigenvalue weighted by molar-refractivity contribution is 7.89. The number of hydrogen-bond acceptors (Lipinski definition) is 5. The molecule has 106 valence electrons. The fourth-order valence-corrected chi connectivity index (χ4v) is 2.77. The lowest BCUT2D eigenvalue weighted by molar-refractivity contribution is 0.0596. The first kappa shape index (κ1) is 15.6. The zero-order valence-corrected chi connectivity index (χ0v) is 11.4. The van der Waals surface area contributed by atoms with Crippen LogP contribution in [0.1, 0.15) is 23.2 Å². The minimum atomic E-state index is -3.76. The van der Waals surface area contributed by atoms with Crippen LogP contribution in [0.4, 0.5) is 0 Å². The molecule has 1 rings (SSSR count). The molecular formula is C12H17NO5S. The van der Waals surface area contributed by atoms with Gasteiger partial charge in [-0.3, -0.25) is 0 Å². The summed E-state index contributed by atoms with van der Waals surface area (Å²) in [5.74, 6) is -0.698. The molecule has 1 aromatic rings. The van der Waals surface area contributed by atoms with Crippen LogP contribution in [0.15, 0.2) is 29.2 Å². The van der Waals surface area contributed by atoms with E-state index in [4.69, 9.17) is 5.11 Å². The van der Waals surface area contributed by atoms with Crippen molar-refractivity contribution in [2.75, 3.05) is 20.3 Å². The van der Waals surface area contributed by atoms with Gasteiger partial charge in [0, 0.05) is 13.2 Å². The van der Waals surface area contributed by atoms with Crippen LogP contribution < -0.4 is 4.72 Å². The van der Waals surface area contributed by atoms with E-state index in [1.165, 1.54) is 25.3 Å². The lowest BCUT2D eigenvalue weighted by Gasteiger charge is -2.09. The molecule has 0 heterocycles. The second-order valence-corrected chi connectivity index (χ2v) is 5.55. The smallest absolute Gasteiger partial charge is 0.339 e. The van der Waals surface area contributed by atoms with Crippen LogP contribution in [-0.4, -0.2) is 39.8 Å². The van der Waals surface area contributed by atoms with Crippen molar-refractivity contribution in [3.63, 3.8) is 0 Å². The number of methoxy groups -OCH3 is 1. The molecule has 2 N–H and O–H groups in total. The Morgan fingerprint density at radius 3 is 2.63 bits per heavy atom. The van der Waals surface area contributed by atoms with Crippen molar-refractivity contribution in [2.24, 2.45) is 0 Å². The lowest BCUT2D eigenvalue weighted by Crippen LogP contribution is -2.26. The van der Waals surface area contributed by atoms with Gasteiger partial charge in [-0.2, -0.15) is 0 Å². The third kappa shape index (κ3) is 4.30. The van der Waals surface area contributed by atoms with Gasteiger partial charge in [0.05, 0.1) is 17.6 Å². The fraction of sp³-hybridized carbons (Fsp3) is 0.417. The van der Waals surface area contributed by atoms with Crippen molar-refractivity contribution in [2.45, 2.75) is 17.7 Å². The van der Waals surface area contributed by atoms with Gasteiger partial charge in [0.25, 0.3) is 0 Å². The molecule has 0 amide bonds. The van der Waals surface area contributed by atoms with Gasteiger partial charge in [-0.15, -0.1) is 0 Å². The number of hydrogen-bond donors (Lipinski definition) is 2. The molecule has 19 heavy (non-hydrogen) atoms. The number of carbonyl (C=O) groups is 1. The van der Waals surface area contributed by atoms with Crippen LogP contribution in [0.2, 0.25) is 0 Å². The minimum absolute atomic E-state index is 0.000316. The Balaban J connectivity index is 2.92. The average molecular weight is 287 g/mol. The maximum absolute atomic E-state index is 12.1. The zero-order valence-electron chi connectivity index (χ0n) is 10.6. The fourth-order valence-electron chi connectivity index (χ4n) is 1.50. The number of nitrogens with one attached hydrogen (secondary N) is 1. The highest BCUT2D eigenvalue weighted by Gasteiger charge is 2.21. The Hall–Kier alpha value is -1.44. The molecular weight excluding hydrogens is 270 g/mol. The van der Waals surface area contributed by atoms with E-state index in [9.17, 15) is 13.2 Å². The van der Waals surface area contributed by atoms with Gasteiger partial charge in [0.1, 0.15) is 0 Å². The topological polar surface area (TPSA) is 92.7 Å². The van der Waals surface area contributed by atoms with E-state index in [2.05, 4.69) is 9.46 Å². The molecule has 0 aliphatic rings. The van der Waals surface area contributed by atoms with Crippen molar-refractivity contribution in [3.8, 4) is 0 Å². The number of carbonyl (C=O) groups excluding carboxylic acids is 1. The summed E-state index contributed by atoms with van der Waals surface area (Å²) in [7, 11) is -2.56. The molecule has 0 aliphatic heterocycles. The summed E-state index contributed by atoms with van der Waals surface area (Å²) in [6.45, 7) is 0.221. The molecule has 0 atom stereocenters. The Labute approximate surface area is 112 Å². The van der Waals surface area contributed by atoms with Gasteiger partial charge < -0.3 is 9.84 Å². The standard InChI is InChI=1S/C12H17NO5S/c1-18-12(15)10-6-2-3-7-11(10)19(16,17)13-8-4-5-9-14/h2-3,6-7,13-14H,4-5,8-9H2,1H3. The molecule has 1 aromatic carbocycles. The number of unbranched alkanes of at least 4 members (excludes halogenated alkanes) is 1. The normalized spacial score (nSPS) is 11.3. The van der Waals surface area contributed by atoms with E-state index in [0.29, 0.717) is 12.8 Å². The van der Waals surface area contributed by atoms with Crippen LogP contribution in [0.3, 0.4) is 0 Å². The molecule has 0 saturated heterocycles. The number of benzene rings is 1. The Morgan fingerprint density at radius 2 is 2.00 bits per heavy atom. The van der Waals surface area contributed by atoms with Crippen molar-refractivity contribution in [1.29, 1.82) is 0 Å². The van der Waals surface area contributed by atoms with Gasteiger partial charge in [-0.25, -0.2) is 17.9 Å². The number of ether oxygens (including phenoxy) is 1. The minimum Gasteiger partial charge on any atom is -0.465 e. The second kappa shape index (κ2) is 7.22. The predicted octanol–water partition coefficient (Wildman–Crippen LogP) is 0.524. The zero-order chi connectivity index (χ0) is 14.3. The Kier molecular flexibility index (Phi) is 5.94. The van der Waals surface area contributed by atoms with E-state index in [0.717, 1.165) is 0 Å². The van der Waals surface area contributed by atoms with E-state index in [1.54, 1.807) is 6.07 Å². The van der Waals surface area contributed by atoms with Gasteiger partial charge in [0.15, 0.2) is 0 Å². The van der Waals surface area contributed by atoms with Crippen molar-refractivity contribution in [3.05, 3.63) is 29.8 Å². The largest absolute Gasteiger partial charge is 0.465 e. The lowest BCUT2D eigenvalue weighted by atomic mass is 10.2. The van der Waals surface area contributed by atoms with E-state index in [1.807, 2.05) is 0 Å². The molecule has 7 heteroatoms. The van der Waals surface area contributed by atoms with Gasteiger partial charge in [0.2, 0.25) is 10.0 Å². The summed E-state index contributed by atoms with van der Waals surface area (Å²) in [6.07, 6.45) is 1.04. The third-order valence-electron chi connectivity index (χ3n) is 2.46. The maximum Gasteiger partial charge on any atom is 0.339 e. The summed E-state index contributed by atoms with van der Waals surface area (Å²) >= 11 is 0. The summed E-state index contributed by atoms with van der Waals surface area (Å²) in [5, 5.41) is 8.62. The number of esters is 1. The van der Waals surface area contributed by atoms with Crippen LogP contribution in [-0.2, 0) is 14.8 Å². The van der Waals surface area contributed by atoms with E-state index in [-0.39, 0.29) is 23.6 Å². The Bertz CT molecular complexity index is 527. The molecule has 0 bridgehead atoms. The van der Waals surface area contributed by atoms with Crippen LogP contribution >= 0.6 is 0 Å². The molecule has 6 nitrogen and oxygen atoms in total. The van der Waals surface area contributed by atoms with Crippen LogP contribution in [0.25, 0.3) is 0 Å². The monoisotopic (exact) mass is 287 g/mol. The second-order valence-electron chi connectivity index (χ2n) is 3.82. The summed E-state index contributed by atoms with van der Waals surface area (Å²) in [5.41, 5.74) is -0.000316. The summed E-state index contributed by atoms with van der Waals surface area (Å²) in [6, 6.07) is 5.85. The number of sulfonamides is 1. The summed E-state index contributed by atoms with van der Waals surface area (Å²) < 4.78 is 31.0. The first-order valence-electron chi connectivity index (χ1n) is 5.81. The van der Waals surface area contributed by atoms with Crippen molar-refractivity contribution >= 4 is 16.0 Å². The van der Waals surface area contributed by atoms with Crippen LogP contribution in [0.5, 0.6) is 0 Å². The van der Waals surface area contributed by atoms with Crippen molar-refractivity contribution in [1.82, 2.24) is 4.72 Å². The molecule has 0 aromatic heterocycles. The highest BCUT2D eigenvalue weighted by Crippen LogP contribution is 2.16. The molecule has 0 aliphatic carbocycles. The van der Waals surface area contributed by atoms with Crippen LogP contribution in [0, 0.1) is 0 Å². The number of aliphatic hydroxyl groups is 1. The molecule has 0 fully saturated rings. The van der Waals surface area contributed by atoms with Gasteiger partial charge in [-0.05, 0) is 25.0 Å². The highest BCUT2D eigenvalue weighted by atomic mass is 32.2. The SMILES string of the molecule is COC(=O)c1ccccc1S(=O)(=O)NCCCCO. The number of aliphatic hydroxyl groups excluding tert-OH is 1. The third-order valence-corrected chi connectivity index (χ3v) is 3.98. The van der Waals surface area contributed by atoms with Gasteiger partial charge >= 0.3 is 5.97 Å². The average Bonchev–Trinajstić information content (AvgIpc) is 2.43. The first-order valence-corrected chi connectivity index (χ1v) is 7.29. The first-order chi connectivity index (χ1) is 9.03. The van der Waals surface area contributed by atoms with Crippen molar-refractivity contribution < 1.29 is 23.1 Å². The maximum atomic E-state index is 12.1. The van der Waals surface area contributed by atoms with E-state index < -0.39 is 16.0 Å².